The third-order valence-electron chi connectivity index (χ3n) is 3.13. The average Bonchev–Trinajstić information content (AvgIpc) is 2.39. The fourth-order valence-electron chi connectivity index (χ4n) is 2.15. The summed E-state index contributed by atoms with van der Waals surface area (Å²) < 4.78 is 5.28. The number of rotatable bonds is 4. The maximum atomic E-state index is 10.9. The van der Waals surface area contributed by atoms with Crippen molar-refractivity contribution < 1.29 is 14.6 Å². The Bertz CT molecular complexity index is 625. The Hall–Kier alpha value is -2.14. The summed E-state index contributed by atoms with van der Waals surface area (Å²) in [6.45, 7) is 1.96. The fraction of sp³-hybridized carbons (Fsp3) is 0.286. The zero-order valence-corrected chi connectivity index (χ0v) is 10.9. The van der Waals surface area contributed by atoms with Gasteiger partial charge in [0.2, 0.25) is 0 Å². The molecule has 0 aliphatic heterocycles. The van der Waals surface area contributed by atoms with Crippen LogP contribution in [-0.2, 0) is 11.2 Å². The van der Waals surface area contributed by atoms with Crippen molar-refractivity contribution in [2.75, 3.05) is 7.11 Å². The predicted molar refractivity (Wildman–Crippen MR) is 72.3 cm³/mol. The number of nitrogens with zero attached hydrogens (tertiary/aromatic N) is 1. The molecule has 2 aromatic rings. The summed E-state index contributed by atoms with van der Waals surface area (Å²) in [6.07, 6.45) is 1.91. The summed E-state index contributed by atoms with van der Waals surface area (Å²) >= 11 is 0. The van der Waals surface area contributed by atoms with Crippen LogP contribution in [0.25, 0.3) is 10.9 Å². The van der Waals surface area contributed by atoms with E-state index in [0.717, 1.165) is 22.0 Å². The lowest BCUT2D eigenvalue weighted by atomic mass is 9.98. The lowest BCUT2D eigenvalue weighted by Gasteiger charge is -2.13. The molecule has 1 atom stereocenters. The highest BCUT2D eigenvalue weighted by molar-refractivity contribution is 5.90. The quantitative estimate of drug-likeness (QED) is 0.870. The van der Waals surface area contributed by atoms with Crippen LogP contribution in [0.2, 0.25) is 0 Å². The second kappa shape index (κ2) is 5.24. The highest BCUT2D eigenvalue weighted by atomic mass is 16.5. The monoisotopic (exact) mass is 260 g/mol. The highest BCUT2D eigenvalue weighted by Crippen LogP contribution is 2.29. The van der Waals surface area contributed by atoms with Crippen molar-refractivity contribution in [2.45, 2.75) is 19.4 Å². The standard InChI is InChI=1S/C14H16N2O3/c1-8-3-4-11(19-2)13-12(8)9(5-6-16-13)7-10(15)14(17)18/h3-6,10H,7,15H2,1-2H3,(H,17,18). The molecular formula is C14H16N2O3. The van der Waals surface area contributed by atoms with E-state index >= 15 is 0 Å². The van der Waals surface area contributed by atoms with Crippen LogP contribution in [-0.4, -0.2) is 29.2 Å². The SMILES string of the molecule is COc1ccc(C)c2c(CC(N)C(=O)O)ccnc12. The number of carboxylic acids is 1. The van der Waals surface area contributed by atoms with Crippen molar-refractivity contribution >= 4 is 16.9 Å². The van der Waals surface area contributed by atoms with Gasteiger partial charge >= 0.3 is 5.97 Å². The smallest absolute Gasteiger partial charge is 0.320 e. The molecule has 100 valence electrons. The van der Waals surface area contributed by atoms with Gasteiger partial charge in [-0.05, 0) is 36.6 Å². The van der Waals surface area contributed by atoms with Gasteiger partial charge in [0.1, 0.15) is 17.3 Å². The van der Waals surface area contributed by atoms with Crippen LogP contribution in [0.4, 0.5) is 0 Å². The predicted octanol–water partition coefficient (Wildman–Crippen LogP) is 1.51. The molecular weight excluding hydrogens is 244 g/mol. The Labute approximate surface area is 111 Å². The molecule has 0 saturated heterocycles. The maximum Gasteiger partial charge on any atom is 0.320 e. The van der Waals surface area contributed by atoms with Gasteiger partial charge in [-0.1, -0.05) is 6.07 Å². The normalized spacial score (nSPS) is 12.4. The van der Waals surface area contributed by atoms with Crippen molar-refractivity contribution in [1.82, 2.24) is 4.98 Å². The average molecular weight is 260 g/mol. The second-order valence-electron chi connectivity index (χ2n) is 4.43. The van der Waals surface area contributed by atoms with Gasteiger partial charge in [0.05, 0.1) is 7.11 Å². The Morgan fingerprint density at radius 2 is 2.21 bits per heavy atom. The number of pyridine rings is 1. The number of benzene rings is 1. The van der Waals surface area contributed by atoms with Crippen molar-refractivity contribution in [3.63, 3.8) is 0 Å². The van der Waals surface area contributed by atoms with Gasteiger partial charge in [-0.15, -0.1) is 0 Å². The molecule has 0 spiro atoms. The molecule has 1 aromatic heterocycles. The maximum absolute atomic E-state index is 10.9. The summed E-state index contributed by atoms with van der Waals surface area (Å²) in [4.78, 5) is 15.2. The molecule has 0 fully saturated rings. The topological polar surface area (TPSA) is 85.4 Å². The Balaban J connectivity index is 2.59. The molecule has 0 radical (unpaired) electrons. The van der Waals surface area contributed by atoms with Crippen LogP contribution in [0, 0.1) is 6.92 Å². The van der Waals surface area contributed by atoms with Gasteiger partial charge in [0.15, 0.2) is 0 Å². The number of hydrogen-bond donors (Lipinski definition) is 2. The largest absolute Gasteiger partial charge is 0.494 e. The summed E-state index contributed by atoms with van der Waals surface area (Å²) in [5, 5.41) is 9.84. The molecule has 1 unspecified atom stereocenters. The van der Waals surface area contributed by atoms with Crippen LogP contribution >= 0.6 is 0 Å². The number of methoxy groups -OCH3 is 1. The summed E-state index contributed by atoms with van der Waals surface area (Å²) in [7, 11) is 1.58. The van der Waals surface area contributed by atoms with Gasteiger partial charge in [-0.2, -0.15) is 0 Å². The van der Waals surface area contributed by atoms with Gasteiger partial charge < -0.3 is 15.6 Å². The zero-order chi connectivity index (χ0) is 14.0. The third-order valence-corrected chi connectivity index (χ3v) is 3.13. The van der Waals surface area contributed by atoms with Crippen LogP contribution in [0.1, 0.15) is 11.1 Å². The van der Waals surface area contributed by atoms with Gasteiger partial charge in [0.25, 0.3) is 0 Å². The van der Waals surface area contributed by atoms with E-state index in [1.807, 2.05) is 19.1 Å². The minimum atomic E-state index is -1.01. The molecule has 0 aliphatic rings. The molecule has 1 aromatic carbocycles. The second-order valence-corrected chi connectivity index (χ2v) is 4.43. The number of aryl methyl sites for hydroxylation is 1. The first-order valence-electron chi connectivity index (χ1n) is 5.94. The van der Waals surface area contributed by atoms with E-state index in [9.17, 15) is 4.79 Å². The van der Waals surface area contributed by atoms with Crippen molar-refractivity contribution in [1.29, 1.82) is 0 Å². The van der Waals surface area contributed by atoms with Crippen molar-refractivity contribution in [3.8, 4) is 5.75 Å². The number of carbonyl (C=O) groups is 1. The summed E-state index contributed by atoms with van der Waals surface area (Å²) in [6, 6.07) is 4.66. The molecule has 19 heavy (non-hydrogen) atoms. The molecule has 0 aliphatic carbocycles. The number of fused-ring (bicyclic) bond motifs is 1. The minimum absolute atomic E-state index is 0.266. The summed E-state index contributed by atoms with van der Waals surface area (Å²) in [5.74, 6) is -0.336. The van der Waals surface area contributed by atoms with Gasteiger partial charge in [-0.25, -0.2) is 0 Å². The van der Waals surface area contributed by atoms with Crippen LogP contribution in [0.5, 0.6) is 5.75 Å². The number of ether oxygens (including phenoxy) is 1. The van der Waals surface area contributed by atoms with E-state index in [-0.39, 0.29) is 6.42 Å². The first-order chi connectivity index (χ1) is 9.04. The van der Waals surface area contributed by atoms with Crippen LogP contribution in [0.15, 0.2) is 24.4 Å². The highest BCUT2D eigenvalue weighted by Gasteiger charge is 2.16. The minimum Gasteiger partial charge on any atom is -0.494 e. The Kier molecular flexibility index (Phi) is 3.66. The number of nitrogens with two attached hydrogens (primary N) is 1. The lowest BCUT2D eigenvalue weighted by Crippen LogP contribution is -2.32. The molecule has 0 saturated carbocycles. The molecule has 2 rings (SSSR count). The van der Waals surface area contributed by atoms with Crippen LogP contribution < -0.4 is 10.5 Å². The summed E-state index contributed by atoms with van der Waals surface area (Å²) in [5.41, 5.74) is 8.24. The van der Waals surface area contributed by atoms with Crippen LogP contribution in [0.3, 0.4) is 0 Å². The third kappa shape index (κ3) is 2.51. The van der Waals surface area contributed by atoms with Crippen molar-refractivity contribution in [2.24, 2.45) is 5.73 Å². The Morgan fingerprint density at radius 1 is 1.47 bits per heavy atom. The first-order valence-corrected chi connectivity index (χ1v) is 5.94. The van der Waals surface area contributed by atoms with Gasteiger partial charge in [-0.3, -0.25) is 9.78 Å². The lowest BCUT2D eigenvalue weighted by molar-refractivity contribution is -0.138. The molecule has 5 nitrogen and oxygen atoms in total. The number of hydrogen-bond acceptors (Lipinski definition) is 4. The Morgan fingerprint density at radius 3 is 2.84 bits per heavy atom. The fourth-order valence-corrected chi connectivity index (χ4v) is 2.15. The number of aliphatic carboxylic acids is 1. The zero-order valence-electron chi connectivity index (χ0n) is 10.9. The van der Waals surface area contributed by atoms with Gasteiger partial charge in [0, 0.05) is 11.6 Å². The van der Waals surface area contributed by atoms with E-state index in [4.69, 9.17) is 15.6 Å². The van der Waals surface area contributed by atoms with E-state index in [2.05, 4.69) is 4.98 Å². The van der Waals surface area contributed by atoms with E-state index in [1.54, 1.807) is 19.4 Å². The molecule has 0 amide bonds. The van der Waals surface area contributed by atoms with E-state index < -0.39 is 12.0 Å². The number of carboxylic acid groups (broad SMARTS) is 1. The first kappa shape index (κ1) is 13.3. The van der Waals surface area contributed by atoms with E-state index in [0.29, 0.717) is 5.75 Å². The molecule has 5 heteroatoms. The molecule has 1 heterocycles. The number of aromatic nitrogens is 1. The molecule has 3 N–H and O–H groups in total. The van der Waals surface area contributed by atoms with E-state index in [1.165, 1.54) is 0 Å². The van der Waals surface area contributed by atoms with Crippen molar-refractivity contribution in [3.05, 3.63) is 35.5 Å². The molecule has 0 bridgehead atoms.